The second kappa shape index (κ2) is 3.98. The molecule has 1 rings (SSSR count). The highest BCUT2D eigenvalue weighted by molar-refractivity contribution is 5.67. The van der Waals surface area contributed by atoms with Crippen molar-refractivity contribution in [3.05, 3.63) is 12.2 Å². The van der Waals surface area contributed by atoms with Crippen molar-refractivity contribution in [2.75, 3.05) is 13.2 Å². The molecule has 0 aliphatic carbocycles. The standard InChI is InChI=1S/C7H12N2O2/c1-2-11-7(10)9-6-4-3-5-8-6/h3-4,6,8H,2,5H2,1H3,(H,9,10). The van der Waals surface area contributed by atoms with Gasteiger partial charge in [0.25, 0.3) is 0 Å². The summed E-state index contributed by atoms with van der Waals surface area (Å²) < 4.78 is 4.68. The van der Waals surface area contributed by atoms with Gasteiger partial charge in [0, 0.05) is 6.54 Å². The summed E-state index contributed by atoms with van der Waals surface area (Å²) in [5.74, 6) is 0. The van der Waals surface area contributed by atoms with Crippen LogP contribution in [0, 0.1) is 0 Å². The predicted molar refractivity (Wildman–Crippen MR) is 41.1 cm³/mol. The van der Waals surface area contributed by atoms with E-state index in [4.69, 9.17) is 0 Å². The lowest BCUT2D eigenvalue weighted by molar-refractivity contribution is 0.149. The van der Waals surface area contributed by atoms with Gasteiger partial charge in [-0.2, -0.15) is 0 Å². The maximum Gasteiger partial charge on any atom is 0.408 e. The molecule has 0 aromatic rings. The maximum atomic E-state index is 10.8. The van der Waals surface area contributed by atoms with Crippen LogP contribution in [-0.4, -0.2) is 25.4 Å². The Morgan fingerprint density at radius 3 is 3.27 bits per heavy atom. The zero-order valence-corrected chi connectivity index (χ0v) is 6.46. The monoisotopic (exact) mass is 156 g/mol. The minimum atomic E-state index is -0.378. The molecule has 1 amide bonds. The molecule has 4 nitrogen and oxygen atoms in total. The Balaban J connectivity index is 2.19. The van der Waals surface area contributed by atoms with Crippen LogP contribution < -0.4 is 10.6 Å². The number of nitrogens with one attached hydrogen (secondary N) is 2. The molecule has 0 aromatic carbocycles. The summed E-state index contributed by atoms with van der Waals surface area (Å²) in [5, 5.41) is 5.64. The Labute approximate surface area is 65.6 Å². The third-order valence-electron chi connectivity index (χ3n) is 1.33. The van der Waals surface area contributed by atoms with E-state index >= 15 is 0 Å². The number of rotatable bonds is 2. The fourth-order valence-electron chi connectivity index (χ4n) is 0.866. The molecule has 0 saturated heterocycles. The van der Waals surface area contributed by atoms with Crippen molar-refractivity contribution < 1.29 is 9.53 Å². The fraction of sp³-hybridized carbons (Fsp3) is 0.571. The third-order valence-corrected chi connectivity index (χ3v) is 1.33. The molecule has 0 radical (unpaired) electrons. The molecule has 1 aliphatic rings. The molecule has 0 bridgehead atoms. The van der Waals surface area contributed by atoms with Crippen molar-refractivity contribution in [2.45, 2.75) is 13.1 Å². The van der Waals surface area contributed by atoms with Crippen molar-refractivity contribution in [1.82, 2.24) is 10.6 Å². The highest BCUT2D eigenvalue weighted by Gasteiger charge is 2.10. The van der Waals surface area contributed by atoms with Gasteiger partial charge in [-0.1, -0.05) is 12.2 Å². The Morgan fingerprint density at radius 1 is 1.91 bits per heavy atom. The van der Waals surface area contributed by atoms with Crippen molar-refractivity contribution >= 4 is 6.09 Å². The topological polar surface area (TPSA) is 50.4 Å². The van der Waals surface area contributed by atoms with Gasteiger partial charge in [0.1, 0.15) is 6.17 Å². The lowest BCUT2D eigenvalue weighted by Crippen LogP contribution is -2.41. The van der Waals surface area contributed by atoms with E-state index in [1.807, 2.05) is 12.2 Å². The second-order valence-corrected chi connectivity index (χ2v) is 2.18. The highest BCUT2D eigenvalue weighted by atomic mass is 16.5. The van der Waals surface area contributed by atoms with Crippen molar-refractivity contribution in [2.24, 2.45) is 0 Å². The summed E-state index contributed by atoms with van der Waals surface area (Å²) in [7, 11) is 0. The summed E-state index contributed by atoms with van der Waals surface area (Å²) in [5.41, 5.74) is 0. The van der Waals surface area contributed by atoms with Gasteiger partial charge in [-0.25, -0.2) is 4.79 Å². The molecular formula is C7H12N2O2. The Morgan fingerprint density at radius 2 is 2.73 bits per heavy atom. The van der Waals surface area contributed by atoms with Crippen LogP contribution in [0.15, 0.2) is 12.2 Å². The Hall–Kier alpha value is -1.03. The van der Waals surface area contributed by atoms with Gasteiger partial charge in [0.05, 0.1) is 6.61 Å². The fourth-order valence-corrected chi connectivity index (χ4v) is 0.866. The van der Waals surface area contributed by atoms with E-state index in [0.717, 1.165) is 6.54 Å². The first-order chi connectivity index (χ1) is 5.33. The van der Waals surface area contributed by atoms with Crippen LogP contribution >= 0.6 is 0 Å². The van der Waals surface area contributed by atoms with Crippen LogP contribution in [0.3, 0.4) is 0 Å². The molecule has 1 unspecified atom stereocenters. The van der Waals surface area contributed by atoms with Crippen LogP contribution in [0.2, 0.25) is 0 Å². The molecule has 0 aromatic heterocycles. The first kappa shape index (κ1) is 8.07. The molecule has 1 aliphatic heterocycles. The molecule has 1 heterocycles. The van der Waals surface area contributed by atoms with Crippen LogP contribution in [-0.2, 0) is 4.74 Å². The second-order valence-electron chi connectivity index (χ2n) is 2.18. The maximum absolute atomic E-state index is 10.8. The average molecular weight is 156 g/mol. The van der Waals surface area contributed by atoms with Gasteiger partial charge in [-0.05, 0) is 6.92 Å². The Kier molecular flexibility index (Phi) is 2.92. The number of amides is 1. The Bertz CT molecular complexity index is 168. The first-order valence-corrected chi connectivity index (χ1v) is 3.66. The summed E-state index contributed by atoms with van der Waals surface area (Å²) in [6.07, 6.45) is 3.40. The molecule has 4 heteroatoms. The van der Waals surface area contributed by atoms with Crippen LogP contribution in [0.5, 0.6) is 0 Å². The summed E-state index contributed by atoms with van der Waals surface area (Å²) in [6.45, 7) is 2.98. The molecule has 2 N–H and O–H groups in total. The number of hydrogen-bond donors (Lipinski definition) is 2. The summed E-state index contributed by atoms with van der Waals surface area (Å²) in [6, 6.07) is 0. The van der Waals surface area contributed by atoms with Crippen molar-refractivity contribution in [1.29, 1.82) is 0 Å². The molecule has 0 fully saturated rings. The normalized spacial score (nSPS) is 21.7. The number of ether oxygens (including phenoxy) is 1. The first-order valence-electron chi connectivity index (χ1n) is 3.66. The minimum Gasteiger partial charge on any atom is -0.450 e. The largest absolute Gasteiger partial charge is 0.450 e. The van der Waals surface area contributed by atoms with E-state index in [9.17, 15) is 4.79 Å². The van der Waals surface area contributed by atoms with Gasteiger partial charge in [-0.3, -0.25) is 5.32 Å². The number of hydrogen-bond acceptors (Lipinski definition) is 3. The van der Waals surface area contributed by atoms with E-state index in [-0.39, 0.29) is 12.3 Å². The van der Waals surface area contributed by atoms with Crippen LogP contribution in [0.4, 0.5) is 4.79 Å². The molecule has 0 saturated carbocycles. The molecule has 62 valence electrons. The van der Waals surface area contributed by atoms with Crippen LogP contribution in [0.1, 0.15) is 6.92 Å². The van der Waals surface area contributed by atoms with E-state index in [0.29, 0.717) is 6.61 Å². The predicted octanol–water partition coefficient (Wildman–Crippen LogP) is 0.218. The highest BCUT2D eigenvalue weighted by Crippen LogP contribution is 1.90. The molecule has 0 spiro atoms. The van der Waals surface area contributed by atoms with E-state index in [1.54, 1.807) is 6.92 Å². The quantitative estimate of drug-likeness (QED) is 0.562. The molecule has 11 heavy (non-hydrogen) atoms. The van der Waals surface area contributed by atoms with Gasteiger partial charge in [-0.15, -0.1) is 0 Å². The van der Waals surface area contributed by atoms with Gasteiger partial charge < -0.3 is 10.1 Å². The summed E-state index contributed by atoms with van der Waals surface area (Å²) >= 11 is 0. The number of carbonyl (C=O) groups excluding carboxylic acids is 1. The van der Waals surface area contributed by atoms with E-state index < -0.39 is 0 Å². The van der Waals surface area contributed by atoms with Gasteiger partial charge >= 0.3 is 6.09 Å². The van der Waals surface area contributed by atoms with Crippen molar-refractivity contribution in [3.8, 4) is 0 Å². The van der Waals surface area contributed by atoms with Gasteiger partial charge in [0.2, 0.25) is 0 Å². The summed E-state index contributed by atoms with van der Waals surface area (Å²) in [4.78, 5) is 10.8. The lowest BCUT2D eigenvalue weighted by Gasteiger charge is -2.10. The minimum absolute atomic E-state index is 0.0611. The molecule has 1 atom stereocenters. The van der Waals surface area contributed by atoms with E-state index in [1.165, 1.54) is 0 Å². The van der Waals surface area contributed by atoms with Gasteiger partial charge in [0.15, 0.2) is 0 Å². The van der Waals surface area contributed by atoms with Crippen molar-refractivity contribution in [3.63, 3.8) is 0 Å². The van der Waals surface area contributed by atoms with Crippen LogP contribution in [0.25, 0.3) is 0 Å². The number of carbonyl (C=O) groups is 1. The zero-order valence-electron chi connectivity index (χ0n) is 6.46. The SMILES string of the molecule is CCOC(=O)NC1C=CCN1. The zero-order chi connectivity index (χ0) is 8.10. The van der Waals surface area contributed by atoms with E-state index in [2.05, 4.69) is 15.4 Å². The molecular weight excluding hydrogens is 144 g/mol. The lowest BCUT2D eigenvalue weighted by atomic mass is 10.5. The number of alkyl carbamates (subject to hydrolysis) is 1. The smallest absolute Gasteiger partial charge is 0.408 e. The average Bonchev–Trinajstić information content (AvgIpc) is 2.40. The third kappa shape index (κ3) is 2.59.